The van der Waals surface area contributed by atoms with E-state index in [2.05, 4.69) is 461 Å². The Balaban J connectivity index is 0.000000108. The van der Waals surface area contributed by atoms with Gasteiger partial charge in [-0.25, -0.2) is 15.0 Å². The number of nitrogens with zero attached hydrogens (tertiary/aromatic N) is 6. The van der Waals surface area contributed by atoms with E-state index in [9.17, 15) is 15.8 Å². The largest absolute Gasteiger partial charge is 0.247 e. The molecule has 3 heterocycles. The van der Waals surface area contributed by atoms with Gasteiger partial charge in [-0.05, 0) is 315 Å². The van der Waals surface area contributed by atoms with Crippen molar-refractivity contribution < 1.29 is 0 Å². The van der Waals surface area contributed by atoms with Crippen LogP contribution in [0.5, 0.6) is 0 Å². The number of hydrogen-bond donors (Lipinski definition) is 0. The molecule has 0 unspecified atom stereocenters. The van der Waals surface area contributed by atoms with Gasteiger partial charge in [0.1, 0.15) is 0 Å². The maximum absolute atomic E-state index is 10.2. The molecule has 150 heavy (non-hydrogen) atoms. The van der Waals surface area contributed by atoms with Crippen LogP contribution in [0.1, 0.15) is 16.7 Å². The summed E-state index contributed by atoms with van der Waals surface area (Å²) in [4.78, 5) is 16.2. The minimum atomic E-state index is 0.609. The zero-order valence-corrected chi connectivity index (χ0v) is 81.2. The maximum atomic E-state index is 10.2. The summed E-state index contributed by atoms with van der Waals surface area (Å²) in [5, 5.41) is 68.9. The first-order valence-electron chi connectivity index (χ1n) is 50.8. The highest BCUT2D eigenvalue weighted by Crippen LogP contribution is 2.52. The minimum Gasteiger partial charge on any atom is -0.247 e. The fourth-order valence-electron chi connectivity index (χ4n) is 23.9. The number of pyridine rings is 3. The molecule has 6 nitrogen and oxygen atoms in total. The molecule has 0 N–H and O–H groups in total. The van der Waals surface area contributed by atoms with Gasteiger partial charge in [-0.3, -0.25) is 0 Å². The molecule has 30 rings (SSSR count). The first-order chi connectivity index (χ1) is 74.3. The normalized spacial score (nSPS) is 11.6. The Labute approximate surface area is 863 Å². The van der Waals surface area contributed by atoms with Crippen LogP contribution in [0.3, 0.4) is 0 Å². The Morgan fingerprint density at radius 2 is 0.347 bits per heavy atom. The van der Waals surface area contributed by atoms with Gasteiger partial charge in [0.25, 0.3) is 0 Å². The van der Waals surface area contributed by atoms with Crippen molar-refractivity contribution in [2.75, 3.05) is 0 Å². The lowest BCUT2D eigenvalue weighted by atomic mass is 9.86. The third kappa shape index (κ3) is 14.6. The van der Waals surface area contributed by atoms with Gasteiger partial charge in [-0.2, -0.15) is 15.8 Å². The van der Waals surface area contributed by atoms with Crippen molar-refractivity contribution in [2.45, 2.75) is 0 Å². The molecular weight excluding hydrogens is 1810 g/mol. The number of fused-ring (bicyclic) bond motifs is 27. The smallest absolute Gasteiger partial charge is 0.0998 e. The molecule has 6 heteroatoms. The fraction of sp³-hybridized carbons (Fsp3) is 0. The number of hydrogen-bond acceptors (Lipinski definition) is 6. The maximum Gasteiger partial charge on any atom is 0.0998 e. The van der Waals surface area contributed by atoms with Gasteiger partial charge in [0.05, 0.1) is 68.5 Å². The summed E-state index contributed by atoms with van der Waals surface area (Å²) >= 11 is 0. The quantitative estimate of drug-likeness (QED) is 0.133. The monoisotopic (exact) mass is 1900 g/mol. The highest BCUT2D eigenvalue weighted by molar-refractivity contribution is 6.29. The minimum absolute atomic E-state index is 0.609. The van der Waals surface area contributed by atoms with Crippen LogP contribution in [0.25, 0.3) is 295 Å². The number of nitriles is 3. The van der Waals surface area contributed by atoms with Crippen molar-refractivity contribution >= 4 is 194 Å². The third-order valence-electron chi connectivity index (χ3n) is 30.7. The van der Waals surface area contributed by atoms with E-state index >= 15 is 0 Å². The summed E-state index contributed by atoms with van der Waals surface area (Å²) in [6, 6.07) is 188. The van der Waals surface area contributed by atoms with Crippen LogP contribution in [0, 0.1) is 34.0 Å². The molecule has 27 aromatic carbocycles. The van der Waals surface area contributed by atoms with Crippen LogP contribution in [0.15, 0.2) is 510 Å². The van der Waals surface area contributed by atoms with Gasteiger partial charge in [0.2, 0.25) is 0 Å². The molecule has 690 valence electrons. The van der Waals surface area contributed by atoms with Gasteiger partial charge in [-0.1, -0.05) is 406 Å². The Hall–Kier alpha value is -20.5. The fourth-order valence-corrected chi connectivity index (χ4v) is 23.9. The second kappa shape index (κ2) is 36.1. The second-order valence-electron chi connectivity index (χ2n) is 38.9. The molecule has 0 aliphatic heterocycles. The molecule has 0 aliphatic rings. The van der Waals surface area contributed by atoms with Gasteiger partial charge in [0.15, 0.2) is 0 Å². The molecule has 0 spiro atoms. The van der Waals surface area contributed by atoms with Crippen molar-refractivity contribution in [3.8, 4) is 119 Å². The highest BCUT2D eigenvalue weighted by atomic mass is 14.7. The van der Waals surface area contributed by atoms with Gasteiger partial charge >= 0.3 is 0 Å². The average Bonchev–Trinajstić information content (AvgIpc) is 0.725. The Kier molecular flexibility index (Phi) is 21.0. The van der Waals surface area contributed by atoms with Crippen LogP contribution < -0.4 is 0 Å². The van der Waals surface area contributed by atoms with Crippen molar-refractivity contribution in [3.63, 3.8) is 0 Å². The first kappa shape index (κ1) is 87.3. The van der Waals surface area contributed by atoms with E-state index in [0.29, 0.717) is 16.7 Å². The number of aromatic nitrogens is 3. The lowest BCUT2D eigenvalue weighted by molar-refractivity contribution is 1.39. The molecule has 0 bridgehead atoms. The van der Waals surface area contributed by atoms with Gasteiger partial charge in [0, 0.05) is 49.0 Å². The van der Waals surface area contributed by atoms with Crippen molar-refractivity contribution in [1.82, 2.24) is 15.0 Å². The zero-order chi connectivity index (χ0) is 99.5. The number of benzene rings is 27. The van der Waals surface area contributed by atoms with Gasteiger partial charge < -0.3 is 0 Å². The van der Waals surface area contributed by atoms with E-state index in [4.69, 9.17) is 15.0 Å². The summed E-state index contributed by atoms with van der Waals surface area (Å²) in [5.41, 5.74) is 23.9. The second-order valence-corrected chi connectivity index (χ2v) is 38.9. The molecule has 0 saturated heterocycles. The third-order valence-corrected chi connectivity index (χ3v) is 30.7. The van der Waals surface area contributed by atoms with Crippen molar-refractivity contribution in [3.05, 3.63) is 526 Å². The summed E-state index contributed by atoms with van der Waals surface area (Å²) < 4.78 is 0. The average molecular weight is 1900 g/mol. The molecule has 0 atom stereocenters. The van der Waals surface area contributed by atoms with Crippen molar-refractivity contribution in [1.29, 1.82) is 15.8 Å². The molecule has 30 aromatic rings. The Bertz CT molecular complexity index is 11100. The molecule has 0 fully saturated rings. The van der Waals surface area contributed by atoms with E-state index in [1.807, 2.05) is 66.7 Å². The molecule has 0 amide bonds. The summed E-state index contributed by atoms with van der Waals surface area (Å²) in [6.45, 7) is 0. The van der Waals surface area contributed by atoms with Crippen LogP contribution in [0.4, 0.5) is 0 Å². The van der Waals surface area contributed by atoms with E-state index in [-0.39, 0.29) is 0 Å². The van der Waals surface area contributed by atoms with Crippen molar-refractivity contribution in [2.24, 2.45) is 0 Å². The lowest BCUT2D eigenvalue weighted by Crippen LogP contribution is -1.95. The van der Waals surface area contributed by atoms with Crippen LogP contribution in [0.2, 0.25) is 0 Å². The topological polar surface area (TPSA) is 110 Å². The zero-order valence-electron chi connectivity index (χ0n) is 81.2. The lowest BCUT2D eigenvalue weighted by Gasteiger charge is -2.19. The summed E-state index contributed by atoms with van der Waals surface area (Å²) in [5.74, 6) is 0. The Morgan fingerprint density at radius 1 is 0.127 bits per heavy atom. The van der Waals surface area contributed by atoms with Crippen LogP contribution >= 0.6 is 0 Å². The van der Waals surface area contributed by atoms with Crippen LogP contribution in [-0.4, -0.2) is 15.0 Å². The Morgan fingerprint density at radius 3 is 0.633 bits per heavy atom. The summed E-state index contributed by atoms with van der Waals surface area (Å²) in [7, 11) is 0. The molecule has 0 radical (unpaired) electrons. The SMILES string of the molecule is N#Cc1ccc(-c2cc(-c3cc4ccccc4c4ccccc34)c3cc(-c4cc5ccccc5c5ccccc45)c4ccccc4c3n2)cc1.N#Cc1cccc(-c2cc(-c3cc4ccccc4c4ccccc34)c3cc(-c4cc5ccccc5c5ccccc45)c4ccccc4c3n2)c1.N#Cc1ccccc1-c1cc(-c2cc3ccccc3c3ccccc23)c2cc(-c3cc4ccccc4c4ccccc34)c3ccccc3c2n1. The van der Waals surface area contributed by atoms with E-state index in [1.165, 1.54) is 174 Å². The standard InChI is InChI=1S/3C48H28N2/c49-29-32-15-3-6-18-35(32)47-28-45(43-26-31-14-2-5-17-34(31)37-20-8-10-22-39(37)43)46-27-44(40-23-11-12-24-41(40)48(46)50-47)42-25-30-13-1-4-16-33(30)36-19-7-9-21-38(36)42;49-29-30-12-11-15-33(24-30)47-28-45(43-26-32-14-2-4-17-35(32)37-19-6-8-21-39(37)43)46-27-44(40-22-9-10-23-41(40)48(46)50-47)42-25-31-13-1-3-16-34(31)36-18-5-7-20-38(36)42;49-29-30-21-23-31(24-22-30)47-28-45(43-26-33-12-2-4-14-35(33)37-16-6-8-18-39(37)43)46-27-44(40-19-9-10-20-41(40)48(46)50-47)42-25-32-11-1-3-13-34(32)36-15-5-7-17-38(36)42/h3*1-28H. The molecular formula is C144H84N6. The van der Waals surface area contributed by atoms with E-state index < -0.39 is 0 Å². The first-order valence-corrected chi connectivity index (χ1v) is 50.8. The van der Waals surface area contributed by atoms with Crippen LogP contribution in [-0.2, 0) is 0 Å². The van der Waals surface area contributed by atoms with E-state index in [0.717, 1.165) is 121 Å². The molecule has 0 aliphatic carbocycles. The van der Waals surface area contributed by atoms with Gasteiger partial charge in [-0.15, -0.1) is 0 Å². The molecule has 0 saturated carbocycles. The highest BCUT2D eigenvalue weighted by Gasteiger charge is 2.27. The molecule has 3 aromatic heterocycles. The predicted octanol–water partition coefficient (Wildman–Crippen LogP) is 38.6. The number of rotatable bonds is 9. The predicted molar refractivity (Wildman–Crippen MR) is 631 cm³/mol. The summed E-state index contributed by atoms with van der Waals surface area (Å²) in [6.07, 6.45) is 0. The van der Waals surface area contributed by atoms with E-state index in [1.54, 1.807) is 0 Å².